The van der Waals surface area contributed by atoms with E-state index in [4.69, 9.17) is 23.2 Å². The van der Waals surface area contributed by atoms with Gasteiger partial charge in [-0.15, -0.1) is 0 Å². The van der Waals surface area contributed by atoms with Gasteiger partial charge in [0.05, 0.1) is 5.02 Å². The quantitative estimate of drug-likeness (QED) is 0.336. The Morgan fingerprint density at radius 3 is 2.31 bits per heavy atom. The van der Waals surface area contributed by atoms with Crippen LogP contribution >= 0.6 is 11.6 Å². The maximum atomic E-state index is 13.7. The van der Waals surface area contributed by atoms with Crippen LogP contribution in [0, 0.1) is 0 Å². The van der Waals surface area contributed by atoms with Crippen LogP contribution in [0.2, 0.25) is 5.02 Å². The number of alkyl halides is 3. The number of carbonyl (C=O) groups is 2. The minimum Gasteiger partial charge on any atom is -0.364 e. The number of nitrogen functional groups attached to an aromatic ring is 1. The standard InChI is InChI=1S/C17H12ClF3N6O2/c18-10-2-1-7-24-15(10)27-12(14(22)28)11(13(26-27)17(19,20)21)8-3-5-9(6-4-8)16(29)25-23/h1-7H,23H2,(H2,22,28)(H,25,29). The van der Waals surface area contributed by atoms with Gasteiger partial charge in [0.25, 0.3) is 11.8 Å². The van der Waals surface area contributed by atoms with Gasteiger partial charge in [-0.25, -0.2) is 15.5 Å². The minimum absolute atomic E-state index is 0.0345. The van der Waals surface area contributed by atoms with Crippen molar-refractivity contribution in [2.45, 2.75) is 6.18 Å². The molecule has 0 atom stereocenters. The SMILES string of the molecule is NNC(=O)c1ccc(-c2c(C(F)(F)F)nn(-c3ncccc3Cl)c2C(N)=O)cc1. The summed E-state index contributed by atoms with van der Waals surface area (Å²) in [7, 11) is 0. The van der Waals surface area contributed by atoms with Crippen LogP contribution in [-0.4, -0.2) is 26.6 Å². The van der Waals surface area contributed by atoms with Crippen LogP contribution in [0.25, 0.3) is 16.9 Å². The van der Waals surface area contributed by atoms with E-state index in [0.29, 0.717) is 4.68 Å². The van der Waals surface area contributed by atoms with E-state index < -0.39 is 34.9 Å². The molecule has 150 valence electrons. The number of hydrazine groups is 1. The van der Waals surface area contributed by atoms with Crippen LogP contribution in [0.15, 0.2) is 42.6 Å². The lowest BCUT2D eigenvalue weighted by Crippen LogP contribution is -2.29. The summed E-state index contributed by atoms with van der Waals surface area (Å²) in [6.07, 6.45) is -3.64. The van der Waals surface area contributed by atoms with E-state index in [9.17, 15) is 22.8 Å². The second-order valence-electron chi connectivity index (χ2n) is 5.71. The van der Waals surface area contributed by atoms with E-state index in [0.717, 1.165) is 0 Å². The van der Waals surface area contributed by atoms with Crippen molar-refractivity contribution in [2.75, 3.05) is 0 Å². The maximum absolute atomic E-state index is 13.7. The number of hydrogen-bond donors (Lipinski definition) is 3. The highest BCUT2D eigenvalue weighted by molar-refractivity contribution is 6.32. The fourth-order valence-electron chi connectivity index (χ4n) is 2.68. The fourth-order valence-corrected chi connectivity index (χ4v) is 2.88. The lowest BCUT2D eigenvalue weighted by atomic mass is 10.0. The average Bonchev–Trinajstić information content (AvgIpc) is 3.09. The summed E-state index contributed by atoms with van der Waals surface area (Å²) in [6.45, 7) is 0. The van der Waals surface area contributed by atoms with Crippen molar-refractivity contribution in [3.05, 3.63) is 64.6 Å². The number of benzene rings is 1. The molecule has 0 aliphatic heterocycles. The van der Waals surface area contributed by atoms with Gasteiger partial charge in [-0.05, 0) is 29.8 Å². The Hall–Kier alpha value is -3.44. The molecular weight excluding hydrogens is 413 g/mol. The van der Waals surface area contributed by atoms with Crippen LogP contribution in [-0.2, 0) is 6.18 Å². The normalized spacial score (nSPS) is 11.3. The number of nitrogens with zero attached hydrogens (tertiary/aromatic N) is 3. The Bertz CT molecular complexity index is 1100. The number of carbonyl (C=O) groups excluding carboxylic acids is 2. The van der Waals surface area contributed by atoms with E-state index in [-0.39, 0.29) is 22.0 Å². The third kappa shape index (κ3) is 3.77. The van der Waals surface area contributed by atoms with Gasteiger partial charge in [-0.2, -0.15) is 18.3 Å². The highest BCUT2D eigenvalue weighted by Gasteiger charge is 2.41. The molecule has 0 aliphatic rings. The largest absolute Gasteiger partial charge is 0.435 e. The van der Waals surface area contributed by atoms with Crippen LogP contribution in [0.3, 0.4) is 0 Å². The number of primary amides is 1. The third-order valence-corrected chi connectivity index (χ3v) is 4.19. The van der Waals surface area contributed by atoms with Crippen molar-refractivity contribution in [3.8, 4) is 16.9 Å². The summed E-state index contributed by atoms with van der Waals surface area (Å²) in [6, 6.07) is 7.76. The molecule has 0 saturated carbocycles. The van der Waals surface area contributed by atoms with E-state index >= 15 is 0 Å². The molecule has 0 fully saturated rings. The first-order valence-corrected chi connectivity index (χ1v) is 8.25. The molecular formula is C17H12ClF3N6O2. The first kappa shape index (κ1) is 20.3. The lowest BCUT2D eigenvalue weighted by molar-refractivity contribution is -0.140. The monoisotopic (exact) mass is 424 g/mol. The molecule has 5 N–H and O–H groups in total. The molecule has 0 bridgehead atoms. The number of rotatable bonds is 4. The first-order valence-electron chi connectivity index (χ1n) is 7.87. The summed E-state index contributed by atoms with van der Waals surface area (Å²) in [5, 5.41) is 3.49. The third-order valence-electron chi connectivity index (χ3n) is 3.89. The molecule has 1 aromatic carbocycles. The molecule has 3 aromatic rings. The van der Waals surface area contributed by atoms with Crippen molar-refractivity contribution in [1.29, 1.82) is 0 Å². The minimum atomic E-state index is -4.92. The number of nitrogens with two attached hydrogens (primary N) is 2. The van der Waals surface area contributed by atoms with Crippen molar-refractivity contribution < 1.29 is 22.8 Å². The molecule has 8 nitrogen and oxygen atoms in total. The van der Waals surface area contributed by atoms with Crippen LogP contribution in [0.1, 0.15) is 26.5 Å². The van der Waals surface area contributed by atoms with Gasteiger partial charge in [0.1, 0.15) is 5.69 Å². The average molecular weight is 425 g/mol. The highest BCUT2D eigenvalue weighted by atomic mass is 35.5. The number of aromatic nitrogens is 3. The maximum Gasteiger partial charge on any atom is 0.435 e. The smallest absolute Gasteiger partial charge is 0.364 e. The van der Waals surface area contributed by atoms with Gasteiger partial charge in [0.2, 0.25) is 0 Å². The Morgan fingerprint density at radius 2 is 1.79 bits per heavy atom. The highest BCUT2D eigenvalue weighted by Crippen LogP contribution is 2.39. The fraction of sp³-hybridized carbons (Fsp3) is 0.0588. The van der Waals surface area contributed by atoms with Crippen molar-refractivity contribution in [2.24, 2.45) is 11.6 Å². The first-order chi connectivity index (χ1) is 13.6. The van der Waals surface area contributed by atoms with E-state index in [1.165, 1.54) is 42.6 Å². The van der Waals surface area contributed by atoms with Gasteiger partial charge in [0, 0.05) is 17.3 Å². The number of halogens is 4. The predicted octanol–water partition coefficient (Wildman–Crippen LogP) is 2.31. The molecule has 2 heterocycles. The number of amides is 2. The van der Waals surface area contributed by atoms with Gasteiger partial charge < -0.3 is 5.73 Å². The second-order valence-corrected chi connectivity index (χ2v) is 6.11. The van der Waals surface area contributed by atoms with Gasteiger partial charge in [-0.3, -0.25) is 15.0 Å². The Morgan fingerprint density at radius 1 is 1.14 bits per heavy atom. The van der Waals surface area contributed by atoms with Crippen molar-refractivity contribution in [3.63, 3.8) is 0 Å². The Kier molecular flexibility index (Phi) is 5.27. The van der Waals surface area contributed by atoms with Gasteiger partial charge in [-0.1, -0.05) is 23.7 Å². The molecule has 0 unspecified atom stereocenters. The summed E-state index contributed by atoms with van der Waals surface area (Å²) < 4.78 is 41.8. The molecule has 2 aromatic heterocycles. The molecule has 0 aliphatic carbocycles. The summed E-state index contributed by atoms with van der Waals surface area (Å²) in [5.74, 6) is 3.03. The van der Waals surface area contributed by atoms with Crippen molar-refractivity contribution in [1.82, 2.24) is 20.2 Å². The van der Waals surface area contributed by atoms with E-state index in [2.05, 4.69) is 10.1 Å². The molecule has 0 radical (unpaired) electrons. The van der Waals surface area contributed by atoms with E-state index in [1.807, 2.05) is 5.43 Å². The zero-order valence-corrected chi connectivity index (χ0v) is 15.1. The number of hydrogen-bond acceptors (Lipinski definition) is 5. The van der Waals surface area contributed by atoms with Crippen LogP contribution < -0.4 is 17.0 Å². The topological polar surface area (TPSA) is 129 Å². The lowest BCUT2D eigenvalue weighted by Gasteiger charge is -2.09. The Balaban J connectivity index is 2.32. The molecule has 29 heavy (non-hydrogen) atoms. The molecule has 3 rings (SSSR count). The summed E-state index contributed by atoms with van der Waals surface area (Å²) in [5.41, 5.74) is 4.86. The Labute approximate surface area is 166 Å². The zero-order chi connectivity index (χ0) is 21.3. The summed E-state index contributed by atoms with van der Waals surface area (Å²) in [4.78, 5) is 27.6. The zero-order valence-electron chi connectivity index (χ0n) is 14.4. The van der Waals surface area contributed by atoms with Crippen molar-refractivity contribution >= 4 is 23.4 Å². The summed E-state index contributed by atoms with van der Waals surface area (Å²) >= 11 is 6.02. The second kappa shape index (κ2) is 7.53. The molecule has 2 amide bonds. The van der Waals surface area contributed by atoms with Gasteiger partial charge >= 0.3 is 6.18 Å². The van der Waals surface area contributed by atoms with Crippen LogP contribution in [0.4, 0.5) is 13.2 Å². The van der Waals surface area contributed by atoms with Gasteiger partial charge in [0.15, 0.2) is 11.5 Å². The number of pyridine rings is 1. The molecule has 12 heteroatoms. The molecule has 0 saturated heterocycles. The predicted molar refractivity (Wildman–Crippen MR) is 97.0 cm³/mol. The van der Waals surface area contributed by atoms with Crippen LogP contribution in [0.5, 0.6) is 0 Å². The van der Waals surface area contributed by atoms with E-state index in [1.54, 1.807) is 0 Å². The molecule has 0 spiro atoms. The number of nitrogens with one attached hydrogen (secondary N) is 1.